The van der Waals surface area contributed by atoms with Crippen molar-refractivity contribution < 1.29 is 37.1 Å². The number of fused-ring (bicyclic) bond motifs is 2. The summed E-state index contributed by atoms with van der Waals surface area (Å²) in [4.78, 5) is 53.3. The van der Waals surface area contributed by atoms with Gasteiger partial charge < -0.3 is 38.2 Å². The van der Waals surface area contributed by atoms with Crippen molar-refractivity contribution in [2.24, 2.45) is 0 Å². The van der Waals surface area contributed by atoms with E-state index in [1.54, 1.807) is 48.7 Å². The average molecular weight is 1600 g/mol. The smallest absolute Gasteiger partial charge is 0.259 e. The molecule has 2 fully saturated rings. The number of carbonyl (C=O) groups excluding carboxylic acids is 2. The molecule has 9 atom stereocenters. The topological polar surface area (TPSA) is 269 Å². The Morgan fingerprint density at radius 1 is 0.509 bits per heavy atom. The van der Waals surface area contributed by atoms with E-state index < -0.39 is 39.7 Å². The third-order valence-electron chi connectivity index (χ3n) is 20.1. The van der Waals surface area contributed by atoms with Gasteiger partial charge in [-0.05, 0) is 153 Å². The summed E-state index contributed by atoms with van der Waals surface area (Å²) < 4.78 is 45.9. The number of aromatic nitrogens is 8. The Hall–Kier alpha value is -4.91. The van der Waals surface area contributed by atoms with Crippen molar-refractivity contribution in [1.82, 2.24) is 53.0 Å². The van der Waals surface area contributed by atoms with E-state index in [9.17, 15) is 20.0 Å². The van der Waals surface area contributed by atoms with E-state index in [0.717, 1.165) is 12.8 Å². The maximum absolute atomic E-state index is 13.1. The number of carbonyl (C=O) groups is 2. The molecule has 6 aromatic rings. The number of amides is 2. The largest absolute Gasteiger partial charge is 0.407 e. The molecule has 108 heavy (non-hydrogen) atoms. The minimum Gasteiger partial charge on any atom is -0.407 e. The van der Waals surface area contributed by atoms with Gasteiger partial charge in [-0.15, -0.1) is 23.5 Å². The van der Waals surface area contributed by atoms with E-state index in [1.165, 1.54) is 12.7 Å². The lowest BCUT2D eigenvalue weighted by Crippen LogP contribution is -2.53. The monoisotopic (exact) mass is 1600 g/mol. The number of benzene rings is 2. The molecule has 3 N–H and O–H groups in total. The highest BCUT2D eigenvalue weighted by Crippen LogP contribution is 2.58. The molecule has 2 aliphatic heterocycles. The van der Waals surface area contributed by atoms with Gasteiger partial charge in [0.1, 0.15) is 41.7 Å². The van der Waals surface area contributed by atoms with Gasteiger partial charge >= 0.3 is 0 Å². The minimum absolute atomic E-state index is 0. The first-order valence-electron chi connectivity index (χ1n) is 38.7. The zero-order chi connectivity index (χ0) is 79.5. The number of imidazole rings is 2. The lowest BCUT2D eigenvalue weighted by atomic mass is 10.1. The fourth-order valence-corrected chi connectivity index (χ4v) is 34.4. The number of nitrogens with zero attached hydrogens (tertiary/aromatic N) is 13. The van der Waals surface area contributed by atoms with E-state index in [4.69, 9.17) is 37.7 Å². The van der Waals surface area contributed by atoms with Gasteiger partial charge in [0.2, 0.25) is 16.6 Å². The first kappa shape index (κ1) is 93.7. The second kappa shape index (κ2) is 43.4. The Morgan fingerprint density at radius 3 is 1.21 bits per heavy atom. The van der Waals surface area contributed by atoms with Crippen LogP contribution in [0.2, 0.25) is 33.2 Å². The zero-order valence-corrected chi connectivity index (χ0v) is 74.1. The second-order valence-corrected chi connectivity index (χ2v) is 47.8. The molecule has 23 nitrogen and oxygen atoms in total. The fraction of sp³-hybridized carbons (Fsp3) is 0.671. The Balaban J connectivity index is 0.000000316. The summed E-state index contributed by atoms with van der Waals surface area (Å²) in [6, 6.07) is 24.5. The van der Waals surface area contributed by atoms with Crippen molar-refractivity contribution in [3.8, 4) is 12.1 Å². The Bertz CT molecular complexity index is 3700. The number of rotatable bonds is 35. The number of aliphatic hydroxyl groups is 1. The molecule has 0 spiro atoms. The van der Waals surface area contributed by atoms with Crippen LogP contribution < -0.4 is 10.6 Å². The third-order valence-corrected chi connectivity index (χ3v) is 40.9. The molecule has 0 aliphatic carbocycles. The van der Waals surface area contributed by atoms with Crippen molar-refractivity contribution in [2.75, 3.05) is 23.8 Å². The summed E-state index contributed by atoms with van der Waals surface area (Å²) >= 11 is 3.54. The molecule has 2 saturated heterocycles. The van der Waals surface area contributed by atoms with Crippen LogP contribution in [0.3, 0.4) is 0 Å². The van der Waals surface area contributed by atoms with E-state index in [2.05, 4.69) is 241 Å². The van der Waals surface area contributed by atoms with Crippen LogP contribution in [0.15, 0.2) is 86.0 Å². The van der Waals surface area contributed by atoms with Gasteiger partial charge in [-0.25, -0.2) is 43.9 Å². The molecule has 2 amide bonds. The highest BCUT2D eigenvalue weighted by molar-refractivity contribution is 8.00. The summed E-state index contributed by atoms with van der Waals surface area (Å²) in [6.45, 7) is 58.8. The molecule has 6 heterocycles. The SMILES string of the molecule is C.CC(C)N(C(C)C)P(OCCC#N)N(C(C)C)C(C)C.CC[C@H]1S[C@@H](n2cnc3c(NC(=O)c4ccccc4)ncnc32)C(O[Si](C(C)C)(C(C)C)C(C)C)[C@@H]1O.CC[C@H]1S[C@@H](n2cnc3c(NC(=O)c4ccccc4)ncnc32)C(O[Si](C(C)C)(C(C)C)C(C)C)[C@@H]1OP(OCCC#N)N(C(C)C)C(C)C. The van der Waals surface area contributed by atoms with Gasteiger partial charge in [-0.2, -0.15) is 10.5 Å². The van der Waals surface area contributed by atoms with E-state index in [0.29, 0.717) is 129 Å². The van der Waals surface area contributed by atoms with Crippen LogP contribution in [0.5, 0.6) is 0 Å². The van der Waals surface area contributed by atoms with Crippen LogP contribution >= 0.6 is 40.5 Å². The molecule has 0 bridgehead atoms. The predicted octanol–water partition coefficient (Wildman–Crippen LogP) is 20.4. The first-order chi connectivity index (χ1) is 50.6. The van der Waals surface area contributed by atoms with Crippen molar-refractivity contribution in [1.29, 1.82) is 10.5 Å². The van der Waals surface area contributed by atoms with E-state index in [1.807, 2.05) is 52.7 Å². The molecule has 0 saturated carbocycles. The highest BCUT2D eigenvalue weighted by Gasteiger charge is 2.56. The van der Waals surface area contributed by atoms with Crippen LogP contribution in [0, 0.1) is 22.7 Å². The lowest BCUT2D eigenvalue weighted by molar-refractivity contribution is 0.0233. The van der Waals surface area contributed by atoms with Crippen molar-refractivity contribution in [3.63, 3.8) is 0 Å². The van der Waals surface area contributed by atoms with Gasteiger partial charge in [0.05, 0.1) is 57.0 Å². The van der Waals surface area contributed by atoms with Crippen LogP contribution in [0.4, 0.5) is 11.6 Å². The quantitative estimate of drug-likeness (QED) is 0.0189. The van der Waals surface area contributed by atoms with Gasteiger partial charge in [-0.3, -0.25) is 18.7 Å². The molecule has 2 aromatic carbocycles. The molecule has 8 rings (SSSR count). The first-order valence-corrected chi connectivity index (χ1v) is 47.1. The van der Waals surface area contributed by atoms with Gasteiger partial charge in [-0.1, -0.05) is 141 Å². The lowest BCUT2D eigenvalue weighted by Gasteiger charge is -2.46. The number of nitriles is 2. The summed E-state index contributed by atoms with van der Waals surface area (Å²) in [7, 11) is -7.05. The molecule has 0 radical (unpaired) electrons. The third kappa shape index (κ3) is 22.3. The molecule has 4 aromatic heterocycles. The number of nitrogens with one attached hydrogen (secondary N) is 2. The van der Waals surface area contributed by atoms with Crippen LogP contribution in [0.1, 0.15) is 245 Å². The summed E-state index contributed by atoms with van der Waals surface area (Å²) in [5.74, 6) is 0.204. The molecule has 600 valence electrons. The molecular weight excluding hydrogens is 1470 g/mol. The van der Waals surface area contributed by atoms with Crippen LogP contribution in [-0.4, -0.2) is 171 Å². The summed E-state index contributed by atoms with van der Waals surface area (Å²) in [6.07, 6.45) is 7.26. The van der Waals surface area contributed by atoms with Gasteiger partial charge in [0, 0.05) is 57.9 Å². The zero-order valence-electron chi connectivity index (χ0n) is 68.7. The molecular formula is C79H131N15O8P2S2Si2. The fourth-order valence-electron chi connectivity index (χ4n) is 15.8. The number of hydrogen-bond donors (Lipinski definition) is 3. The second-order valence-electron chi connectivity index (χ2n) is 31.2. The minimum atomic E-state index is -2.43. The van der Waals surface area contributed by atoms with Crippen LogP contribution in [-0.2, 0) is 22.4 Å². The number of anilines is 2. The van der Waals surface area contributed by atoms with Crippen LogP contribution in [0.25, 0.3) is 22.3 Å². The predicted molar refractivity (Wildman–Crippen MR) is 453 cm³/mol. The number of hydrogen-bond acceptors (Lipinski definition) is 21. The summed E-state index contributed by atoms with van der Waals surface area (Å²) in [5, 5.41) is 35.1. The maximum Gasteiger partial charge on any atom is 0.259 e. The molecule has 2 aliphatic rings. The number of aliphatic hydroxyl groups excluding tert-OH is 1. The summed E-state index contributed by atoms with van der Waals surface area (Å²) in [5.41, 5.74) is 5.59. The van der Waals surface area contributed by atoms with Gasteiger partial charge in [0.25, 0.3) is 20.3 Å². The highest BCUT2D eigenvalue weighted by atomic mass is 32.2. The van der Waals surface area contributed by atoms with Crippen molar-refractivity contribution in [2.45, 2.75) is 328 Å². The Morgan fingerprint density at radius 2 is 0.861 bits per heavy atom. The van der Waals surface area contributed by atoms with Crippen molar-refractivity contribution >= 4 is 103 Å². The van der Waals surface area contributed by atoms with E-state index in [-0.39, 0.29) is 70.9 Å². The van der Waals surface area contributed by atoms with Gasteiger partial charge in [0.15, 0.2) is 42.4 Å². The molecule has 3 unspecified atom stereocenters. The maximum atomic E-state index is 13.1. The number of thioether (sulfide) groups is 2. The molecule has 29 heteroatoms. The Labute approximate surface area is 660 Å². The average Bonchev–Trinajstić information content (AvgIpc) is 1.59. The standard InChI is InChI=1S/C36H56N7O4PSSi.C27H39N5O3SSi.C15H32N3OP.CH4/c1-12-29-31(46-48(45-20-16-19-37)43(23(2)3)24(4)5)32(47-50(25(6)7,26(8)9)27(10)11)36(49-29)42-22-40-30-33(38-21-39-34(30)42)41-35(44)28-17-14-13-15-18-28;1-8-20-22(33)23(35-37(16(2)3,17(4)5)18(6)7)27(36-20)32-15-30-21-24(28-14-29-25(21)32)31-26(34)19-12-10-9-11-13-19;1-12(2)17(13(3)4)20(19-11-9-10-16)18(14(5)6)15(7)8;/h13-15,17-18,21-27,29,31-32,36H,12,16,20H2,1-11H3,(H,38,39,41,44);9-18,20,22-23,27,33H,8H2,1-7H3,(H,28,29,31,34);12-15H,9,11H2,1-8H3;1H4/t29-,31-,32?,36-,48?;20-,22-,23?,27-;;/m11../s1. The van der Waals surface area contributed by atoms with Crippen molar-refractivity contribution in [3.05, 3.63) is 97.1 Å². The van der Waals surface area contributed by atoms with E-state index >= 15 is 0 Å². The Kier molecular flexibility index (Phi) is 37.6. The normalized spacial score (nSPS) is 19.6.